The van der Waals surface area contributed by atoms with Crippen LogP contribution in [-0.2, 0) is 7.05 Å². The molecule has 258 valence electrons. The molecule has 0 radical (unpaired) electrons. The molecule has 3 saturated heterocycles. The second kappa shape index (κ2) is 11.7. The average Bonchev–Trinajstić information content (AvgIpc) is 3.78. The van der Waals surface area contributed by atoms with Gasteiger partial charge in [-0.1, -0.05) is 18.4 Å². The Morgan fingerprint density at radius 1 is 1.06 bits per heavy atom. The number of anilines is 1. The molecule has 12 heteroatoms. The maximum absolute atomic E-state index is 17.5. The number of fused-ring (bicyclic) bond motifs is 6. The molecule has 0 spiro atoms. The monoisotopic (exact) mass is 681 g/mol. The lowest BCUT2D eigenvalue weighted by Crippen LogP contribution is -2.51. The summed E-state index contributed by atoms with van der Waals surface area (Å²) in [5, 5.41) is 21.1. The van der Waals surface area contributed by atoms with E-state index in [1.807, 2.05) is 6.20 Å². The molecule has 0 unspecified atom stereocenters. The van der Waals surface area contributed by atoms with Crippen molar-refractivity contribution in [3.05, 3.63) is 47.7 Å². The lowest BCUT2D eigenvalue weighted by atomic mass is 9.69. The molecule has 5 aromatic rings. The van der Waals surface area contributed by atoms with Crippen molar-refractivity contribution in [2.75, 3.05) is 44.2 Å². The lowest BCUT2D eigenvalue weighted by Gasteiger charge is -2.43. The number of phenolic OH excluding ortho intramolecular Hbond substituents is 1. The van der Waals surface area contributed by atoms with Crippen LogP contribution >= 0.6 is 0 Å². The van der Waals surface area contributed by atoms with E-state index in [0.29, 0.717) is 65.5 Å². The minimum Gasteiger partial charge on any atom is -0.508 e. The Morgan fingerprint density at radius 2 is 1.86 bits per heavy atom. The second-order valence-corrected chi connectivity index (χ2v) is 14.8. The second-order valence-electron chi connectivity index (χ2n) is 14.8. The molecule has 2 bridgehead atoms. The van der Waals surface area contributed by atoms with Gasteiger partial charge < -0.3 is 20.1 Å². The number of ether oxygens (including phenoxy) is 1. The van der Waals surface area contributed by atoms with Gasteiger partial charge >= 0.3 is 6.01 Å². The number of aromatic nitrogens is 4. The van der Waals surface area contributed by atoms with Crippen molar-refractivity contribution in [3.63, 3.8) is 0 Å². The average molecular weight is 682 g/mol. The highest BCUT2D eigenvalue weighted by atomic mass is 19.1. The van der Waals surface area contributed by atoms with Crippen LogP contribution in [-0.4, -0.2) is 87.3 Å². The third-order valence-electron chi connectivity index (χ3n) is 11.3. The normalized spacial score (nSPS) is 23.2. The molecule has 50 heavy (non-hydrogen) atoms. The van der Waals surface area contributed by atoms with Crippen molar-refractivity contribution in [2.24, 2.45) is 12.5 Å². The molecular weight excluding hydrogens is 643 g/mol. The summed E-state index contributed by atoms with van der Waals surface area (Å²) in [5.41, 5.74) is 0.445. The number of hydrogen-bond acceptors (Lipinski definition) is 8. The van der Waals surface area contributed by atoms with E-state index in [2.05, 4.69) is 21.0 Å². The molecular formula is C38H38F3N7O2. The van der Waals surface area contributed by atoms with Crippen LogP contribution in [0.15, 0.2) is 30.5 Å². The standard InChI is InChI=1S/C38H38F3N7O2/c1-3-26-29(40)8-5-21-13-25(49)14-27(30(21)26)31-33(41)35-32(28-18-46(2)45-34(28)31)36(48-16-23-6-7-24(17-48)42-23)44-37(43-35)50-20-38(10-4-11-38)19-47-12-9-22(39)15-47/h1,5,8,13-14,18,22-24,42,49H,4,6-7,9-12,15-17,19-20H2,2H3/t22-,23-,24+/m1/s1. The summed E-state index contributed by atoms with van der Waals surface area (Å²) in [6.07, 6.45) is 12.4. The van der Waals surface area contributed by atoms with E-state index in [4.69, 9.17) is 26.2 Å². The fourth-order valence-corrected chi connectivity index (χ4v) is 8.83. The van der Waals surface area contributed by atoms with Crippen molar-refractivity contribution in [1.29, 1.82) is 0 Å². The molecule has 2 aromatic heterocycles. The van der Waals surface area contributed by atoms with Crippen LogP contribution in [0.3, 0.4) is 0 Å². The SMILES string of the molecule is C#Cc1c(F)ccc2cc(O)cc(-c3c(F)c4nc(OCC5(CN6CC[C@@H](F)C6)CCC5)nc(N5C[C@H]6CC[C@@H](C5)N6)c4c4cn(C)nc34)c12. The number of nitrogens with one attached hydrogen (secondary N) is 1. The number of aryl methyl sites for hydroxylation is 1. The van der Waals surface area contributed by atoms with E-state index < -0.39 is 17.8 Å². The van der Waals surface area contributed by atoms with E-state index in [0.717, 1.165) is 45.2 Å². The van der Waals surface area contributed by atoms with Gasteiger partial charge in [-0.25, -0.2) is 13.2 Å². The molecule has 4 aliphatic rings. The largest absolute Gasteiger partial charge is 0.508 e. The number of nitrogens with zero attached hydrogens (tertiary/aromatic N) is 6. The zero-order valence-electron chi connectivity index (χ0n) is 27.9. The first-order chi connectivity index (χ1) is 24.2. The van der Waals surface area contributed by atoms with Crippen LogP contribution < -0.4 is 15.0 Å². The number of piperazine rings is 1. The first-order valence-electron chi connectivity index (χ1n) is 17.5. The topological polar surface area (TPSA) is 91.6 Å². The van der Waals surface area contributed by atoms with Crippen LogP contribution in [0.25, 0.3) is 43.7 Å². The first kappa shape index (κ1) is 31.4. The summed E-state index contributed by atoms with van der Waals surface area (Å²) in [6.45, 7) is 3.63. The van der Waals surface area contributed by atoms with Gasteiger partial charge in [0, 0.05) is 79.8 Å². The Hall–Kier alpha value is -4.60. The van der Waals surface area contributed by atoms with Gasteiger partial charge in [0.05, 0.1) is 17.6 Å². The first-order valence-corrected chi connectivity index (χ1v) is 17.5. The van der Waals surface area contributed by atoms with Crippen LogP contribution in [0.1, 0.15) is 44.1 Å². The maximum Gasteiger partial charge on any atom is 0.319 e. The minimum absolute atomic E-state index is 0.0346. The summed E-state index contributed by atoms with van der Waals surface area (Å²) >= 11 is 0. The van der Waals surface area contributed by atoms with Crippen LogP contribution in [0.4, 0.5) is 19.0 Å². The number of phenols is 1. The lowest BCUT2D eigenvalue weighted by molar-refractivity contribution is 0.0196. The summed E-state index contributed by atoms with van der Waals surface area (Å²) in [5.74, 6) is 1.56. The predicted octanol–water partition coefficient (Wildman–Crippen LogP) is 5.84. The number of likely N-dealkylation sites (tertiary alicyclic amines) is 1. The van der Waals surface area contributed by atoms with E-state index in [9.17, 15) is 9.50 Å². The maximum atomic E-state index is 17.5. The van der Waals surface area contributed by atoms with Crippen LogP contribution in [0.5, 0.6) is 11.8 Å². The molecule has 1 aliphatic carbocycles. The van der Waals surface area contributed by atoms with Crippen molar-refractivity contribution in [2.45, 2.75) is 56.8 Å². The molecule has 1 saturated carbocycles. The Kier molecular flexibility index (Phi) is 7.37. The van der Waals surface area contributed by atoms with Gasteiger partial charge in [0.15, 0.2) is 5.82 Å². The number of aromatic hydroxyl groups is 1. The van der Waals surface area contributed by atoms with Crippen molar-refractivity contribution in [1.82, 2.24) is 30.0 Å². The Balaban J connectivity index is 1.24. The zero-order chi connectivity index (χ0) is 34.3. The quantitative estimate of drug-likeness (QED) is 0.208. The Labute approximate surface area is 287 Å². The number of halogens is 3. The number of hydrogen-bond donors (Lipinski definition) is 2. The summed E-state index contributed by atoms with van der Waals surface area (Å²) in [6, 6.07) is 6.27. The van der Waals surface area contributed by atoms with Gasteiger partial charge in [-0.15, -0.1) is 6.42 Å². The van der Waals surface area contributed by atoms with Crippen LogP contribution in [0, 0.1) is 29.4 Å². The van der Waals surface area contributed by atoms with Gasteiger partial charge in [-0.2, -0.15) is 15.1 Å². The van der Waals surface area contributed by atoms with Crippen molar-refractivity contribution < 1.29 is 23.0 Å². The molecule has 3 atom stereocenters. The number of benzene rings is 3. The molecule has 9 rings (SSSR count). The van der Waals surface area contributed by atoms with Gasteiger partial charge in [0.1, 0.15) is 34.6 Å². The van der Waals surface area contributed by atoms with E-state index in [1.54, 1.807) is 11.7 Å². The van der Waals surface area contributed by atoms with Crippen molar-refractivity contribution >= 4 is 38.4 Å². The molecule has 5 heterocycles. The van der Waals surface area contributed by atoms with Crippen molar-refractivity contribution in [3.8, 4) is 35.2 Å². The highest BCUT2D eigenvalue weighted by Crippen LogP contribution is 2.46. The molecule has 9 nitrogen and oxygen atoms in total. The fraction of sp³-hybridized carbons (Fsp3) is 0.447. The van der Waals surface area contributed by atoms with Crippen LogP contribution in [0.2, 0.25) is 0 Å². The summed E-state index contributed by atoms with van der Waals surface area (Å²) in [4.78, 5) is 14.1. The predicted molar refractivity (Wildman–Crippen MR) is 186 cm³/mol. The highest BCUT2D eigenvalue weighted by Gasteiger charge is 2.42. The zero-order valence-corrected chi connectivity index (χ0v) is 27.9. The third kappa shape index (κ3) is 5.12. The minimum atomic E-state index is -0.799. The number of alkyl halides is 1. The van der Waals surface area contributed by atoms with Gasteiger partial charge in [0.25, 0.3) is 0 Å². The third-order valence-corrected chi connectivity index (χ3v) is 11.3. The summed E-state index contributed by atoms with van der Waals surface area (Å²) in [7, 11) is 1.76. The number of terminal acetylenes is 1. The Bertz CT molecular complexity index is 2220. The smallest absolute Gasteiger partial charge is 0.319 e. The molecule has 3 aliphatic heterocycles. The molecule has 2 N–H and O–H groups in total. The number of rotatable bonds is 7. The van der Waals surface area contributed by atoms with E-state index in [1.165, 1.54) is 24.3 Å². The van der Waals surface area contributed by atoms with Gasteiger partial charge in [-0.3, -0.25) is 9.58 Å². The van der Waals surface area contributed by atoms with Gasteiger partial charge in [-0.05, 0) is 61.3 Å². The Morgan fingerprint density at radius 3 is 2.56 bits per heavy atom. The highest BCUT2D eigenvalue weighted by molar-refractivity contribution is 6.18. The van der Waals surface area contributed by atoms with E-state index in [-0.39, 0.29) is 51.5 Å². The van der Waals surface area contributed by atoms with Gasteiger partial charge in [0.2, 0.25) is 0 Å². The fourth-order valence-electron chi connectivity index (χ4n) is 8.83. The molecule has 0 amide bonds. The molecule has 3 aromatic carbocycles. The molecule has 4 fully saturated rings. The van der Waals surface area contributed by atoms with E-state index >= 15 is 8.78 Å². The summed E-state index contributed by atoms with van der Waals surface area (Å²) < 4.78 is 54.8.